The normalized spacial score (nSPS) is 22.8. The number of carbonyl (C=O) groups is 2. The van der Waals surface area contributed by atoms with Crippen LogP contribution in [0.2, 0.25) is 0 Å². The summed E-state index contributed by atoms with van der Waals surface area (Å²) in [6, 6.07) is 7.31. The summed E-state index contributed by atoms with van der Waals surface area (Å²) in [6.07, 6.45) is 4.05. The van der Waals surface area contributed by atoms with Crippen LogP contribution in [-0.2, 0) is 14.3 Å². The number of benzene rings is 1. The van der Waals surface area contributed by atoms with E-state index in [-0.39, 0.29) is 24.4 Å². The van der Waals surface area contributed by atoms with Crippen molar-refractivity contribution in [2.75, 3.05) is 19.7 Å². The fourth-order valence-corrected chi connectivity index (χ4v) is 3.44. The topological polar surface area (TPSA) is 55.8 Å². The lowest BCUT2D eigenvalue weighted by molar-refractivity contribution is -0.136. The monoisotopic (exact) mass is 331 g/mol. The van der Waals surface area contributed by atoms with Crippen LogP contribution in [0, 0.1) is 0 Å². The van der Waals surface area contributed by atoms with Crippen molar-refractivity contribution in [2.24, 2.45) is 0 Å². The van der Waals surface area contributed by atoms with Crippen molar-refractivity contribution in [1.29, 1.82) is 0 Å². The zero-order chi connectivity index (χ0) is 16.9. The van der Waals surface area contributed by atoms with E-state index in [4.69, 9.17) is 9.47 Å². The molecular weight excluding hydrogens is 306 g/mol. The second kappa shape index (κ2) is 7.79. The van der Waals surface area contributed by atoms with Crippen LogP contribution in [0.4, 0.5) is 0 Å². The van der Waals surface area contributed by atoms with Gasteiger partial charge in [0.15, 0.2) is 0 Å². The Morgan fingerprint density at radius 2 is 2.12 bits per heavy atom. The van der Waals surface area contributed by atoms with Crippen molar-refractivity contribution in [2.45, 2.75) is 51.2 Å². The number of amides is 1. The summed E-state index contributed by atoms with van der Waals surface area (Å²) in [7, 11) is 0. The average Bonchev–Trinajstić information content (AvgIpc) is 2.92. The van der Waals surface area contributed by atoms with Crippen LogP contribution in [-0.4, -0.2) is 42.6 Å². The maximum Gasteiger partial charge on any atom is 0.339 e. The van der Waals surface area contributed by atoms with Crippen molar-refractivity contribution in [3.63, 3.8) is 0 Å². The number of esters is 1. The minimum Gasteiger partial charge on any atom is -0.453 e. The molecule has 0 bridgehead atoms. The SMILES string of the molecule is CCCN(C[C@H]1CCCCO1)C(=O)C[C@H]1OC(=O)c2ccccc21. The van der Waals surface area contributed by atoms with Gasteiger partial charge in [-0.25, -0.2) is 4.79 Å². The summed E-state index contributed by atoms with van der Waals surface area (Å²) < 4.78 is 11.2. The van der Waals surface area contributed by atoms with Gasteiger partial charge in [0.25, 0.3) is 0 Å². The Balaban J connectivity index is 1.64. The van der Waals surface area contributed by atoms with Gasteiger partial charge in [-0.05, 0) is 31.7 Å². The molecular formula is C19H25NO4. The minimum atomic E-state index is -0.465. The number of ether oxygens (including phenoxy) is 2. The molecule has 130 valence electrons. The van der Waals surface area contributed by atoms with Crippen molar-refractivity contribution in [3.8, 4) is 0 Å². The maximum atomic E-state index is 12.8. The zero-order valence-corrected chi connectivity index (χ0v) is 14.2. The number of hydrogen-bond acceptors (Lipinski definition) is 4. The van der Waals surface area contributed by atoms with Crippen molar-refractivity contribution < 1.29 is 19.1 Å². The second-order valence-corrected chi connectivity index (χ2v) is 6.51. The lowest BCUT2D eigenvalue weighted by Gasteiger charge is -2.30. The van der Waals surface area contributed by atoms with E-state index in [9.17, 15) is 9.59 Å². The molecule has 0 spiro atoms. The minimum absolute atomic E-state index is 0.0283. The van der Waals surface area contributed by atoms with Crippen molar-refractivity contribution in [1.82, 2.24) is 4.90 Å². The van der Waals surface area contributed by atoms with Gasteiger partial charge in [0, 0.05) is 25.3 Å². The molecule has 0 N–H and O–H groups in total. The van der Waals surface area contributed by atoms with Crippen LogP contribution >= 0.6 is 0 Å². The highest BCUT2D eigenvalue weighted by Gasteiger charge is 2.33. The molecule has 0 aliphatic carbocycles. The van der Waals surface area contributed by atoms with E-state index in [2.05, 4.69) is 6.92 Å². The first kappa shape index (κ1) is 17.0. The van der Waals surface area contributed by atoms with Gasteiger partial charge in [-0.15, -0.1) is 0 Å². The Labute approximate surface area is 142 Å². The first-order chi connectivity index (χ1) is 11.7. The molecule has 2 atom stereocenters. The van der Waals surface area contributed by atoms with Gasteiger partial charge in [0.1, 0.15) is 6.10 Å². The predicted molar refractivity (Wildman–Crippen MR) is 89.7 cm³/mol. The Bertz CT molecular complexity index is 595. The van der Waals surface area contributed by atoms with Crippen LogP contribution < -0.4 is 0 Å². The third kappa shape index (κ3) is 3.78. The van der Waals surface area contributed by atoms with E-state index in [1.165, 1.54) is 0 Å². The fraction of sp³-hybridized carbons (Fsp3) is 0.579. The summed E-state index contributed by atoms with van der Waals surface area (Å²) in [4.78, 5) is 26.5. The van der Waals surface area contributed by atoms with Crippen LogP contribution in [0.25, 0.3) is 0 Å². The molecule has 2 heterocycles. The van der Waals surface area contributed by atoms with Crippen LogP contribution in [0.5, 0.6) is 0 Å². The van der Waals surface area contributed by atoms with E-state index in [0.717, 1.165) is 37.9 Å². The first-order valence-electron chi connectivity index (χ1n) is 8.88. The largest absolute Gasteiger partial charge is 0.453 e. The number of hydrogen-bond donors (Lipinski definition) is 0. The summed E-state index contributed by atoms with van der Waals surface area (Å²) in [5.74, 6) is -0.304. The molecule has 1 fully saturated rings. The summed E-state index contributed by atoms with van der Waals surface area (Å²) >= 11 is 0. The molecule has 0 radical (unpaired) electrons. The van der Waals surface area contributed by atoms with E-state index >= 15 is 0 Å². The quantitative estimate of drug-likeness (QED) is 0.752. The number of cyclic esters (lactones) is 1. The molecule has 1 amide bonds. The van der Waals surface area contributed by atoms with Crippen molar-refractivity contribution in [3.05, 3.63) is 35.4 Å². The van der Waals surface area contributed by atoms with Crippen LogP contribution in [0.3, 0.4) is 0 Å². The molecule has 0 unspecified atom stereocenters. The molecule has 3 rings (SSSR count). The zero-order valence-electron chi connectivity index (χ0n) is 14.2. The molecule has 1 aromatic rings. The molecule has 24 heavy (non-hydrogen) atoms. The average molecular weight is 331 g/mol. The molecule has 0 saturated carbocycles. The number of carbonyl (C=O) groups excluding carboxylic acids is 2. The fourth-order valence-electron chi connectivity index (χ4n) is 3.44. The second-order valence-electron chi connectivity index (χ2n) is 6.51. The van der Waals surface area contributed by atoms with Crippen LogP contribution in [0.15, 0.2) is 24.3 Å². The summed E-state index contributed by atoms with van der Waals surface area (Å²) in [6.45, 7) is 4.19. The van der Waals surface area contributed by atoms with Gasteiger partial charge in [0.2, 0.25) is 5.91 Å². The highest BCUT2D eigenvalue weighted by atomic mass is 16.5. The molecule has 2 aliphatic heterocycles. The number of fused-ring (bicyclic) bond motifs is 1. The van der Waals surface area contributed by atoms with E-state index in [0.29, 0.717) is 18.7 Å². The summed E-state index contributed by atoms with van der Waals surface area (Å²) in [5, 5.41) is 0. The highest BCUT2D eigenvalue weighted by Crippen LogP contribution is 2.33. The first-order valence-corrected chi connectivity index (χ1v) is 8.88. The molecule has 2 aliphatic rings. The summed E-state index contributed by atoms with van der Waals surface area (Å²) in [5.41, 5.74) is 1.40. The highest BCUT2D eigenvalue weighted by molar-refractivity contribution is 5.94. The van der Waals surface area contributed by atoms with E-state index < -0.39 is 6.10 Å². The van der Waals surface area contributed by atoms with Crippen molar-refractivity contribution >= 4 is 11.9 Å². The molecule has 5 nitrogen and oxygen atoms in total. The van der Waals surface area contributed by atoms with Gasteiger partial charge in [-0.3, -0.25) is 4.79 Å². The molecule has 1 aromatic carbocycles. The third-order valence-electron chi connectivity index (χ3n) is 4.68. The maximum absolute atomic E-state index is 12.8. The molecule has 0 aromatic heterocycles. The Kier molecular flexibility index (Phi) is 5.51. The van der Waals surface area contributed by atoms with Gasteiger partial charge in [-0.2, -0.15) is 0 Å². The Morgan fingerprint density at radius 3 is 2.88 bits per heavy atom. The number of nitrogens with zero attached hydrogens (tertiary/aromatic N) is 1. The smallest absolute Gasteiger partial charge is 0.339 e. The Hall–Kier alpha value is -1.88. The predicted octanol–water partition coefficient (Wildman–Crippen LogP) is 3.10. The molecule has 5 heteroatoms. The van der Waals surface area contributed by atoms with E-state index in [1.807, 2.05) is 23.1 Å². The van der Waals surface area contributed by atoms with Crippen LogP contribution in [0.1, 0.15) is 61.1 Å². The van der Waals surface area contributed by atoms with Gasteiger partial charge < -0.3 is 14.4 Å². The van der Waals surface area contributed by atoms with Gasteiger partial charge in [-0.1, -0.05) is 25.1 Å². The van der Waals surface area contributed by atoms with Gasteiger partial charge in [0.05, 0.1) is 18.1 Å². The standard InChI is InChI=1S/C19H25NO4/c1-2-10-20(13-14-7-5-6-11-23-14)18(21)12-17-15-8-3-4-9-16(15)19(22)24-17/h3-4,8-9,14,17H,2,5-7,10-13H2,1H3/t14-,17-/m1/s1. The molecule has 1 saturated heterocycles. The van der Waals surface area contributed by atoms with Gasteiger partial charge >= 0.3 is 5.97 Å². The lowest BCUT2D eigenvalue weighted by Crippen LogP contribution is -2.40. The lowest BCUT2D eigenvalue weighted by atomic mass is 10.0. The third-order valence-corrected chi connectivity index (χ3v) is 4.68. The van der Waals surface area contributed by atoms with E-state index in [1.54, 1.807) is 6.07 Å². The number of rotatable bonds is 6. The Morgan fingerprint density at radius 1 is 1.29 bits per heavy atom.